The first-order valence-electron chi connectivity index (χ1n) is 11.3. The number of nitrogens with zero attached hydrogens (tertiary/aromatic N) is 1. The highest BCUT2D eigenvalue weighted by Gasteiger charge is 2.39. The monoisotopic (exact) mass is 444 g/mol. The van der Waals surface area contributed by atoms with E-state index in [9.17, 15) is 14.4 Å². The standard InChI is InChI=1S/C24H36N4O4/c1-4-5-6-19(23(32)28-13-11-16(12-14-28)15-20(29)30)24(2,3)27-22(31)18-9-7-17(8-10-18)21(25)26/h7-10,16,19H,4-6,11-15H2,1-3H3,(H3,25,26)(H,27,31)(H,29,30). The molecular formula is C24H36N4O4. The maximum atomic E-state index is 13.4. The zero-order valence-electron chi connectivity index (χ0n) is 19.3. The molecule has 1 aromatic rings. The van der Waals surface area contributed by atoms with Gasteiger partial charge < -0.3 is 21.1 Å². The number of carbonyl (C=O) groups excluding carboxylic acids is 2. The number of rotatable bonds is 10. The van der Waals surface area contributed by atoms with Crippen LogP contribution < -0.4 is 11.1 Å². The quantitative estimate of drug-likeness (QED) is 0.325. The lowest BCUT2D eigenvalue weighted by molar-refractivity contribution is -0.140. The maximum absolute atomic E-state index is 13.4. The summed E-state index contributed by atoms with van der Waals surface area (Å²) in [6.45, 7) is 6.93. The van der Waals surface area contributed by atoms with Crippen LogP contribution in [0.1, 0.15) is 75.2 Å². The fourth-order valence-electron chi connectivity index (χ4n) is 4.28. The zero-order valence-corrected chi connectivity index (χ0v) is 19.3. The van der Waals surface area contributed by atoms with Crippen LogP contribution in [0.2, 0.25) is 0 Å². The first-order chi connectivity index (χ1) is 15.0. The van der Waals surface area contributed by atoms with E-state index in [0.29, 0.717) is 43.5 Å². The molecule has 1 unspecified atom stereocenters. The summed E-state index contributed by atoms with van der Waals surface area (Å²) in [6, 6.07) is 6.51. The number of nitrogens with one attached hydrogen (secondary N) is 2. The highest BCUT2D eigenvalue weighted by Crippen LogP contribution is 2.29. The van der Waals surface area contributed by atoms with Crippen molar-refractivity contribution < 1.29 is 19.5 Å². The van der Waals surface area contributed by atoms with Gasteiger partial charge in [0.2, 0.25) is 5.91 Å². The molecule has 0 aliphatic carbocycles. The van der Waals surface area contributed by atoms with E-state index >= 15 is 0 Å². The topological polar surface area (TPSA) is 137 Å². The Morgan fingerprint density at radius 1 is 1.19 bits per heavy atom. The number of aliphatic carboxylic acids is 1. The van der Waals surface area contributed by atoms with E-state index in [-0.39, 0.29) is 35.9 Å². The van der Waals surface area contributed by atoms with Crippen LogP contribution in [0.3, 0.4) is 0 Å². The summed E-state index contributed by atoms with van der Waals surface area (Å²) in [5.74, 6) is -1.38. The minimum absolute atomic E-state index is 0.0180. The molecule has 0 aromatic heterocycles. The van der Waals surface area contributed by atoms with Crippen molar-refractivity contribution in [1.82, 2.24) is 10.2 Å². The predicted molar refractivity (Wildman–Crippen MR) is 124 cm³/mol. The number of likely N-dealkylation sites (tertiary alicyclic amines) is 1. The van der Waals surface area contributed by atoms with Crippen LogP contribution in [-0.4, -0.2) is 52.3 Å². The number of amides is 2. The van der Waals surface area contributed by atoms with Crippen LogP contribution in [0, 0.1) is 17.2 Å². The molecule has 1 fully saturated rings. The Hall–Kier alpha value is -2.90. The van der Waals surface area contributed by atoms with Gasteiger partial charge in [-0.3, -0.25) is 19.8 Å². The molecule has 176 valence electrons. The van der Waals surface area contributed by atoms with Crippen molar-refractivity contribution in [1.29, 1.82) is 5.41 Å². The van der Waals surface area contributed by atoms with E-state index in [2.05, 4.69) is 12.2 Å². The molecule has 8 nitrogen and oxygen atoms in total. The lowest BCUT2D eigenvalue weighted by atomic mass is 9.81. The molecule has 2 amide bonds. The molecule has 1 atom stereocenters. The predicted octanol–water partition coefficient (Wildman–Crippen LogP) is 3.00. The summed E-state index contributed by atoms with van der Waals surface area (Å²) in [5.41, 5.74) is 5.70. The van der Waals surface area contributed by atoms with Gasteiger partial charge in [0.25, 0.3) is 5.91 Å². The van der Waals surface area contributed by atoms with E-state index in [1.165, 1.54) is 0 Å². The number of hydrogen-bond acceptors (Lipinski definition) is 4. The SMILES string of the molecule is CCCCC(C(=O)N1CCC(CC(=O)O)CC1)C(C)(C)NC(=O)c1ccc(C(=N)N)cc1. The third kappa shape index (κ3) is 6.80. The minimum atomic E-state index is -0.796. The first-order valence-corrected chi connectivity index (χ1v) is 11.3. The highest BCUT2D eigenvalue weighted by atomic mass is 16.4. The Balaban J connectivity index is 2.10. The summed E-state index contributed by atoms with van der Waals surface area (Å²) in [5, 5.41) is 19.5. The van der Waals surface area contributed by atoms with Gasteiger partial charge in [-0.2, -0.15) is 0 Å². The molecule has 0 radical (unpaired) electrons. The van der Waals surface area contributed by atoms with E-state index in [1.807, 2.05) is 18.7 Å². The van der Waals surface area contributed by atoms with Crippen molar-refractivity contribution in [3.05, 3.63) is 35.4 Å². The Morgan fingerprint density at radius 2 is 1.75 bits per heavy atom. The fourth-order valence-corrected chi connectivity index (χ4v) is 4.28. The molecular weight excluding hydrogens is 408 g/mol. The van der Waals surface area contributed by atoms with Crippen molar-refractivity contribution in [3.8, 4) is 0 Å². The molecule has 1 heterocycles. The lowest BCUT2D eigenvalue weighted by Crippen LogP contribution is -2.55. The van der Waals surface area contributed by atoms with Gasteiger partial charge in [-0.25, -0.2) is 0 Å². The number of hydrogen-bond donors (Lipinski definition) is 4. The van der Waals surface area contributed by atoms with Crippen LogP contribution in [0.15, 0.2) is 24.3 Å². The number of nitrogens with two attached hydrogens (primary N) is 1. The van der Waals surface area contributed by atoms with Crippen molar-refractivity contribution in [2.24, 2.45) is 17.6 Å². The van der Waals surface area contributed by atoms with Crippen LogP contribution in [-0.2, 0) is 9.59 Å². The molecule has 1 saturated heterocycles. The zero-order chi connectivity index (χ0) is 23.9. The Bertz CT molecular complexity index is 827. The average molecular weight is 445 g/mol. The molecule has 1 aromatic carbocycles. The van der Waals surface area contributed by atoms with Gasteiger partial charge in [0.05, 0.1) is 5.92 Å². The van der Waals surface area contributed by atoms with Crippen LogP contribution in [0.25, 0.3) is 0 Å². The third-order valence-corrected chi connectivity index (χ3v) is 6.30. The maximum Gasteiger partial charge on any atom is 0.303 e. The Morgan fingerprint density at radius 3 is 2.25 bits per heavy atom. The third-order valence-electron chi connectivity index (χ3n) is 6.30. The summed E-state index contributed by atoms with van der Waals surface area (Å²) >= 11 is 0. The number of carbonyl (C=O) groups is 3. The smallest absolute Gasteiger partial charge is 0.303 e. The number of nitrogen functional groups attached to an aromatic ring is 1. The summed E-state index contributed by atoms with van der Waals surface area (Å²) in [6.07, 6.45) is 4.01. The van der Waals surface area contributed by atoms with Gasteiger partial charge in [-0.1, -0.05) is 31.9 Å². The number of carboxylic acid groups (broad SMARTS) is 1. The average Bonchev–Trinajstić information content (AvgIpc) is 2.73. The molecule has 8 heteroatoms. The second-order valence-corrected chi connectivity index (χ2v) is 9.23. The van der Waals surface area contributed by atoms with Crippen LogP contribution in [0.5, 0.6) is 0 Å². The lowest BCUT2D eigenvalue weighted by Gasteiger charge is -2.40. The van der Waals surface area contributed by atoms with Gasteiger partial charge in [0, 0.05) is 36.2 Å². The van der Waals surface area contributed by atoms with Gasteiger partial charge in [-0.05, 0) is 51.2 Å². The molecule has 0 saturated carbocycles. The van der Waals surface area contributed by atoms with Gasteiger partial charge in [0.15, 0.2) is 0 Å². The van der Waals surface area contributed by atoms with E-state index < -0.39 is 11.5 Å². The fraction of sp³-hybridized carbons (Fsp3) is 0.583. The van der Waals surface area contributed by atoms with Gasteiger partial charge >= 0.3 is 5.97 Å². The second kappa shape index (κ2) is 11.1. The minimum Gasteiger partial charge on any atom is -0.481 e. The molecule has 1 aliphatic heterocycles. The summed E-state index contributed by atoms with van der Waals surface area (Å²) < 4.78 is 0. The van der Waals surface area contributed by atoms with Crippen molar-refractivity contribution in [2.45, 2.75) is 64.8 Å². The number of carboxylic acids is 1. The highest BCUT2D eigenvalue weighted by molar-refractivity contribution is 5.98. The van der Waals surface area contributed by atoms with Gasteiger partial charge in [0.1, 0.15) is 5.84 Å². The van der Waals surface area contributed by atoms with Crippen LogP contribution in [0.4, 0.5) is 0 Å². The Labute approximate surface area is 190 Å². The summed E-state index contributed by atoms with van der Waals surface area (Å²) in [7, 11) is 0. The molecule has 2 rings (SSSR count). The van der Waals surface area contributed by atoms with E-state index in [0.717, 1.165) is 12.8 Å². The van der Waals surface area contributed by atoms with Crippen molar-refractivity contribution in [2.75, 3.05) is 13.1 Å². The molecule has 0 spiro atoms. The van der Waals surface area contributed by atoms with E-state index in [1.54, 1.807) is 24.3 Å². The van der Waals surface area contributed by atoms with E-state index in [4.69, 9.17) is 16.2 Å². The largest absolute Gasteiger partial charge is 0.481 e. The number of amidine groups is 1. The molecule has 32 heavy (non-hydrogen) atoms. The number of benzene rings is 1. The van der Waals surface area contributed by atoms with Crippen molar-refractivity contribution in [3.63, 3.8) is 0 Å². The van der Waals surface area contributed by atoms with Gasteiger partial charge in [-0.15, -0.1) is 0 Å². The number of unbranched alkanes of at least 4 members (excludes halogenated alkanes) is 1. The van der Waals surface area contributed by atoms with Crippen LogP contribution >= 0.6 is 0 Å². The second-order valence-electron chi connectivity index (χ2n) is 9.23. The summed E-state index contributed by atoms with van der Waals surface area (Å²) in [4.78, 5) is 39.1. The first kappa shape index (κ1) is 25.4. The van der Waals surface area contributed by atoms with Crippen molar-refractivity contribution >= 4 is 23.6 Å². The normalized spacial score (nSPS) is 15.8. The molecule has 0 bridgehead atoms. The Kier molecular flexibility index (Phi) is 8.80. The molecule has 5 N–H and O–H groups in total. The molecule has 1 aliphatic rings. The number of piperidine rings is 1.